The number of aryl methyl sites for hydroxylation is 1. The third-order valence-electron chi connectivity index (χ3n) is 5.97. The predicted octanol–water partition coefficient (Wildman–Crippen LogP) is 1.50. The van der Waals surface area contributed by atoms with E-state index in [9.17, 15) is 9.59 Å². The summed E-state index contributed by atoms with van der Waals surface area (Å²) in [6, 6.07) is 14.2. The Morgan fingerprint density at radius 1 is 1.03 bits per heavy atom. The molecule has 1 aliphatic rings. The number of fused-ring (bicyclic) bond motifs is 2. The highest BCUT2D eigenvalue weighted by atomic mass is 16.2. The SMILES string of the molecule is Cn1c(=O)c2c(nc(N3CCCC(N)C3)n2-c2ccc3ccccc3c2)n(C)c1=O. The zero-order valence-corrected chi connectivity index (χ0v) is 17.1. The van der Waals surface area contributed by atoms with Gasteiger partial charge in [-0.25, -0.2) is 4.79 Å². The van der Waals surface area contributed by atoms with Gasteiger partial charge in [0.2, 0.25) is 5.95 Å². The number of imidazole rings is 1. The molecule has 8 nitrogen and oxygen atoms in total. The van der Waals surface area contributed by atoms with Crippen LogP contribution in [0.1, 0.15) is 12.8 Å². The molecule has 8 heteroatoms. The summed E-state index contributed by atoms with van der Waals surface area (Å²) in [6.07, 6.45) is 1.92. The van der Waals surface area contributed by atoms with Crippen LogP contribution in [0.4, 0.5) is 5.95 Å². The average Bonchev–Trinajstić information content (AvgIpc) is 3.17. The molecule has 1 atom stereocenters. The molecule has 3 heterocycles. The van der Waals surface area contributed by atoms with Gasteiger partial charge in [0.15, 0.2) is 11.2 Å². The Morgan fingerprint density at radius 2 is 1.80 bits per heavy atom. The number of benzene rings is 2. The Labute approximate surface area is 172 Å². The molecule has 0 radical (unpaired) electrons. The number of anilines is 1. The highest BCUT2D eigenvalue weighted by molar-refractivity contribution is 5.86. The summed E-state index contributed by atoms with van der Waals surface area (Å²) in [4.78, 5) is 32.6. The summed E-state index contributed by atoms with van der Waals surface area (Å²) in [7, 11) is 3.14. The molecule has 2 aromatic heterocycles. The number of nitrogens with zero attached hydrogens (tertiary/aromatic N) is 5. The number of hydrogen-bond donors (Lipinski definition) is 1. The Bertz CT molecular complexity index is 1400. The lowest BCUT2D eigenvalue weighted by atomic mass is 10.1. The van der Waals surface area contributed by atoms with E-state index < -0.39 is 5.69 Å². The molecular formula is C22H24N6O2. The topological polar surface area (TPSA) is 91.1 Å². The summed E-state index contributed by atoms with van der Waals surface area (Å²) in [5.74, 6) is 0.647. The molecule has 1 saturated heterocycles. The van der Waals surface area contributed by atoms with Crippen molar-refractivity contribution in [3.8, 4) is 5.69 Å². The Hall–Kier alpha value is -3.39. The van der Waals surface area contributed by atoms with Crippen molar-refractivity contribution in [3.05, 3.63) is 63.3 Å². The van der Waals surface area contributed by atoms with Crippen LogP contribution in [0.2, 0.25) is 0 Å². The van der Waals surface area contributed by atoms with E-state index in [2.05, 4.69) is 11.0 Å². The monoisotopic (exact) mass is 404 g/mol. The molecule has 154 valence electrons. The predicted molar refractivity (Wildman–Crippen MR) is 118 cm³/mol. The molecule has 5 rings (SSSR count). The summed E-state index contributed by atoms with van der Waals surface area (Å²) in [5, 5.41) is 2.19. The minimum absolute atomic E-state index is 0.0512. The van der Waals surface area contributed by atoms with E-state index in [0.29, 0.717) is 23.7 Å². The summed E-state index contributed by atoms with van der Waals surface area (Å²) in [5.41, 5.74) is 7.08. The fourth-order valence-corrected chi connectivity index (χ4v) is 4.35. The van der Waals surface area contributed by atoms with Crippen molar-refractivity contribution in [1.29, 1.82) is 0 Å². The van der Waals surface area contributed by atoms with Gasteiger partial charge >= 0.3 is 5.69 Å². The van der Waals surface area contributed by atoms with Crippen LogP contribution in [0.25, 0.3) is 27.6 Å². The standard InChI is InChI=1S/C22H24N6O2/c1-25-19-18(20(29)26(2)22(25)30)28(21(24-19)27-11-5-8-16(23)13-27)17-10-9-14-6-3-4-7-15(14)12-17/h3-4,6-7,9-10,12,16H,5,8,11,13,23H2,1-2H3. The van der Waals surface area contributed by atoms with E-state index in [1.165, 1.54) is 11.6 Å². The van der Waals surface area contributed by atoms with Crippen molar-refractivity contribution in [2.24, 2.45) is 19.8 Å². The molecule has 0 saturated carbocycles. The van der Waals surface area contributed by atoms with Gasteiger partial charge < -0.3 is 10.6 Å². The average molecular weight is 404 g/mol. The Morgan fingerprint density at radius 3 is 2.57 bits per heavy atom. The summed E-state index contributed by atoms with van der Waals surface area (Å²) >= 11 is 0. The number of hydrogen-bond acceptors (Lipinski definition) is 5. The molecule has 30 heavy (non-hydrogen) atoms. The third-order valence-corrected chi connectivity index (χ3v) is 5.97. The van der Waals surface area contributed by atoms with Crippen molar-refractivity contribution in [2.45, 2.75) is 18.9 Å². The summed E-state index contributed by atoms with van der Waals surface area (Å²) in [6.45, 7) is 1.46. The maximum absolute atomic E-state index is 13.2. The van der Waals surface area contributed by atoms with Gasteiger partial charge in [-0.15, -0.1) is 0 Å². The van der Waals surface area contributed by atoms with E-state index in [1.807, 2.05) is 41.0 Å². The molecule has 1 fully saturated rings. The smallest absolute Gasteiger partial charge is 0.332 e. The molecule has 2 N–H and O–H groups in total. The van der Waals surface area contributed by atoms with E-state index in [0.717, 1.165) is 40.4 Å². The van der Waals surface area contributed by atoms with Crippen LogP contribution in [-0.2, 0) is 14.1 Å². The second-order valence-corrected chi connectivity index (χ2v) is 8.00. The van der Waals surface area contributed by atoms with Gasteiger partial charge in [-0.1, -0.05) is 30.3 Å². The largest absolute Gasteiger partial charge is 0.340 e. The van der Waals surface area contributed by atoms with Crippen molar-refractivity contribution in [3.63, 3.8) is 0 Å². The van der Waals surface area contributed by atoms with Crippen LogP contribution in [0.15, 0.2) is 52.1 Å². The molecule has 4 aromatic rings. The molecule has 0 bridgehead atoms. The highest BCUT2D eigenvalue weighted by Gasteiger charge is 2.26. The van der Waals surface area contributed by atoms with Gasteiger partial charge in [-0.3, -0.25) is 18.5 Å². The lowest BCUT2D eigenvalue weighted by Crippen LogP contribution is -2.44. The Kier molecular flexibility index (Phi) is 4.25. The van der Waals surface area contributed by atoms with Gasteiger partial charge in [0.1, 0.15) is 0 Å². The van der Waals surface area contributed by atoms with Crippen LogP contribution in [0, 0.1) is 0 Å². The quantitative estimate of drug-likeness (QED) is 0.547. The van der Waals surface area contributed by atoms with Crippen molar-refractivity contribution < 1.29 is 0 Å². The maximum atomic E-state index is 13.2. The van der Waals surface area contributed by atoms with Crippen LogP contribution in [0.3, 0.4) is 0 Å². The molecule has 1 unspecified atom stereocenters. The molecule has 1 aliphatic heterocycles. The van der Waals surface area contributed by atoms with Gasteiger partial charge in [0.25, 0.3) is 5.56 Å². The minimum Gasteiger partial charge on any atom is -0.340 e. The second-order valence-electron chi connectivity index (χ2n) is 8.00. The second kappa shape index (κ2) is 6.84. The van der Waals surface area contributed by atoms with E-state index in [1.54, 1.807) is 7.05 Å². The molecule has 0 aliphatic carbocycles. The first kappa shape index (κ1) is 18.6. The van der Waals surface area contributed by atoms with Crippen LogP contribution >= 0.6 is 0 Å². The maximum Gasteiger partial charge on any atom is 0.332 e. The number of rotatable bonds is 2. The van der Waals surface area contributed by atoms with Gasteiger partial charge in [-0.2, -0.15) is 4.98 Å². The molecular weight excluding hydrogens is 380 g/mol. The first-order valence-corrected chi connectivity index (χ1v) is 10.1. The van der Waals surface area contributed by atoms with Crippen molar-refractivity contribution >= 4 is 27.9 Å². The van der Waals surface area contributed by atoms with E-state index in [4.69, 9.17) is 10.7 Å². The van der Waals surface area contributed by atoms with Crippen molar-refractivity contribution in [1.82, 2.24) is 18.7 Å². The molecule has 0 spiro atoms. The normalized spacial score (nSPS) is 17.2. The molecule has 0 amide bonds. The number of aromatic nitrogens is 4. The van der Waals surface area contributed by atoms with Crippen LogP contribution in [0.5, 0.6) is 0 Å². The van der Waals surface area contributed by atoms with E-state index in [-0.39, 0.29) is 11.6 Å². The fourth-order valence-electron chi connectivity index (χ4n) is 4.35. The number of piperidine rings is 1. The van der Waals surface area contributed by atoms with Crippen LogP contribution < -0.4 is 21.9 Å². The lowest BCUT2D eigenvalue weighted by Gasteiger charge is -2.31. The lowest BCUT2D eigenvalue weighted by molar-refractivity contribution is 0.499. The van der Waals surface area contributed by atoms with Gasteiger partial charge in [0.05, 0.1) is 5.69 Å². The number of nitrogens with two attached hydrogens (primary N) is 1. The summed E-state index contributed by atoms with van der Waals surface area (Å²) < 4.78 is 4.44. The van der Waals surface area contributed by atoms with Gasteiger partial charge in [0, 0.05) is 33.2 Å². The highest BCUT2D eigenvalue weighted by Crippen LogP contribution is 2.28. The minimum atomic E-state index is -0.391. The fraction of sp³-hybridized carbons (Fsp3) is 0.318. The Balaban J connectivity index is 1.86. The van der Waals surface area contributed by atoms with E-state index >= 15 is 0 Å². The zero-order valence-electron chi connectivity index (χ0n) is 17.1. The first-order chi connectivity index (χ1) is 14.5. The third kappa shape index (κ3) is 2.75. The van der Waals surface area contributed by atoms with Crippen LogP contribution in [-0.4, -0.2) is 37.8 Å². The zero-order chi connectivity index (χ0) is 21.0. The first-order valence-electron chi connectivity index (χ1n) is 10.1. The van der Waals surface area contributed by atoms with Gasteiger partial charge in [-0.05, 0) is 35.7 Å². The molecule has 2 aromatic carbocycles. The van der Waals surface area contributed by atoms with Crippen molar-refractivity contribution in [2.75, 3.05) is 18.0 Å².